The van der Waals surface area contributed by atoms with Crippen molar-refractivity contribution in [3.63, 3.8) is 0 Å². The second-order valence-corrected chi connectivity index (χ2v) is 16.1. The largest absolute Gasteiger partial charge is 0.441 e. The number of aryl methyl sites for hydroxylation is 2. The third-order valence-electron chi connectivity index (χ3n) is 12.5. The van der Waals surface area contributed by atoms with E-state index in [2.05, 4.69) is 187 Å². The number of allylic oxidation sites excluding steroid dienone is 5. The van der Waals surface area contributed by atoms with Crippen molar-refractivity contribution in [1.82, 2.24) is 4.98 Å². The molecule has 0 bridgehead atoms. The zero-order valence-electron chi connectivity index (χ0n) is 33.5. The average Bonchev–Trinajstić information content (AvgIpc) is 3.78. The Balaban J connectivity index is 1.12. The molecule has 0 radical (unpaired) electrons. The Morgan fingerprint density at radius 2 is 1.10 bits per heavy atom. The van der Waals surface area contributed by atoms with Gasteiger partial charge in [0, 0.05) is 34.5 Å². The molecule has 1 aromatic heterocycles. The maximum Gasteiger partial charge on any atom is 0.226 e. The van der Waals surface area contributed by atoms with Crippen molar-refractivity contribution < 1.29 is 4.42 Å². The second-order valence-electron chi connectivity index (χ2n) is 16.1. The molecule has 8 aromatic rings. The van der Waals surface area contributed by atoms with E-state index in [-0.39, 0.29) is 0 Å². The van der Waals surface area contributed by atoms with Crippen molar-refractivity contribution in [3.8, 4) is 33.7 Å². The van der Waals surface area contributed by atoms with Crippen molar-refractivity contribution in [2.45, 2.75) is 32.1 Å². The van der Waals surface area contributed by atoms with Crippen LogP contribution in [0.1, 0.15) is 53.0 Å². The van der Waals surface area contributed by atoms with Gasteiger partial charge in [-0.3, -0.25) is 0 Å². The normalized spacial score (nSPS) is 15.6. The monoisotopic (exact) mass is 772 g/mol. The molecule has 60 heavy (non-hydrogen) atoms. The summed E-state index contributed by atoms with van der Waals surface area (Å²) in [7, 11) is 0. The lowest BCUT2D eigenvalue weighted by Gasteiger charge is -2.36. The lowest BCUT2D eigenvalue weighted by Crippen LogP contribution is -2.23. The number of anilines is 2. The van der Waals surface area contributed by atoms with Crippen molar-refractivity contribution in [2.75, 3.05) is 4.90 Å². The van der Waals surface area contributed by atoms with E-state index in [9.17, 15) is 0 Å². The summed E-state index contributed by atoms with van der Waals surface area (Å²) in [6.07, 6.45) is 9.42. The van der Waals surface area contributed by atoms with Gasteiger partial charge in [0.1, 0.15) is 11.5 Å². The Hall–Kier alpha value is -7.23. The molecule has 0 spiro atoms. The minimum atomic E-state index is 0.346. The molecule has 11 rings (SSSR count). The minimum absolute atomic E-state index is 0.346. The van der Waals surface area contributed by atoms with Crippen LogP contribution in [0.5, 0.6) is 0 Å². The van der Waals surface area contributed by atoms with Crippen LogP contribution in [0.25, 0.3) is 50.4 Å². The van der Waals surface area contributed by atoms with Crippen molar-refractivity contribution in [2.24, 2.45) is 5.92 Å². The number of nitrogens with zero attached hydrogens (tertiary/aromatic N) is 2. The first-order valence-electron chi connectivity index (χ1n) is 21.2. The van der Waals surface area contributed by atoms with Crippen molar-refractivity contribution in [3.05, 3.63) is 240 Å². The summed E-state index contributed by atoms with van der Waals surface area (Å²) in [5, 5.41) is 0. The van der Waals surface area contributed by atoms with Gasteiger partial charge in [0.05, 0.1) is 5.69 Å². The summed E-state index contributed by atoms with van der Waals surface area (Å²) in [4.78, 5) is 7.69. The highest BCUT2D eigenvalue weighted by atomic mass is 16.4. The van der Waals surface area contributed by atoms with Gasteiger partial charge < -0.3 is 9.32 Å². The standard InChI is InChI=1S/C57H44N2O/c1-5-15-39(16-6-1)41-25-31-48(32-26-41)59(53-35-28-42-19-13-14-24-49(42)55(53)43-20-9-3-10-21-43)52-34-29-45(40-17-7-2-8-18-40)38-51(52)47-27-33-50-46(37-47)30-36-54-56(50)58-57(60-54)44-22-11-4-12-23-44/h1-27,29,31-34,38,46H,28,30,35-37H2. The van der Waals surface area contributed by atoms with Gasteiger partial charge in [0.15, 0.2) is 0 Å². The highest BCUT2D eigenvalue weighted by Gasteiger charge is 2.33. The smallest absolute Gasteiger partial charge is 0.226 e. The lowest BCUT2D eigenvalue weighted by atomic mass is 9.76. The maximum absolute atomic E-state index is 6.41. The summed E-state index contributed by atoms with van der Waals surface area (Å²) in [6, 6.07) is 68.1. The van der Waals surface area contributed by atoms with E-state index in [1.165, 1.54) is 72.6 Å². The van der Waals surface area contributed by atoms with Gasteiger partial charge in [0.25, 0.3) is 0 Å². The van der Waals surface area contributed by atoms with E-state index in [4.69, 9.17) is 9.40 Å². The van der Waals surface area contributed by atoms with E-state index >= 15 is 0 Å². The number of hydrogen-bond donors (Lipinski definition) is 0. The molecule has 1 unspecified atom stereocenters. The Morgan fingerprint density at radius 1 is 0.500 bits per heavy atom. The van der Waals surface area contributed by atoms with Crippen LogP contribution >= 0.6 is 0 Å². The minimum Gasteiger partial charge on any atom is -0.441 e. The first kappa shape index (κ1) is 35.9. The molecule has 0 aliphatic heterocycles. The molecule has 3 aliphatic carbocycles. The van der Waals surface area contributed by atoms with Crippen LogP contribution in [0.15, 0.2) is 210 Å². The van der Waals surface area contributed by atoms with Gasteiger partial charge in [-0.15, -0.1) is 0 Å². The number of fused-ring (bicyclic) bond motifs is 4. The zero-order valence-corrected chi connectivity index (χ0v) is 33.5. The van der Waals surface area contributed by atoms with Crippen LogP contribution in [0.3, 0.4) is 0 Å². The van der Waals surface area contributed by atoms with Crippen LogP contribution in [-0.2, 0) is 12.8 Å². The molecule has 0 N–H and O–H groups in total. The van der Waals surface area contributed by atoms with Gasteiger partial charge in [-0.05, 0) is 118 Å². The lowest BCUT2D eigenvalue weighted by molar-refractivity contribution is 0.477. The summed E-state index contributed by atoms with van der Waals surface area (Å²) in [5.41, 5.74) is 19.7. The summed E-state index contributed by atoms with van der Waals surface area (Å²) >= 11 is 0. The molecule has 1 heterocycles. The van der Waals surface area contributed by atoms with Crippen LogP contribution in [0.2, 0.25) is 0 Å². The zero-order chi connectivity index (χ0) is 39.8. The molecular weight excluding hydrogens is 729 g/mol. The molecular formula is C57H44N2O. The summed E-state index contributed by atoms with van der Waals surface area (Å²) in [6.45, 7) is 0. The van der Waals surface area contributed by atoms with Gasteiger partial charge >= 0.3 is 0 Å². The SMILES string of the molecule is C1=C(c2cc(-c3ccccc3)ccc2N(C2=C(c3ccccc3)c3ccccc3CC2)c2ccc(-c3ccccc3)cc2)CC2CCc3oc(-c4ccccc4)nc3C2=C1. The van der Waals surface area contributed by atoms with E-state index < -0.39 is 0 Å². The van der Waals surface area contributed by atoms with Crippen molar-refractivity contribution >= 4 is 28.1 Å². The highest BCUT2D eigenvalue weighted by molar-refractivity contribution is 5.94. The molecule has 3 heteroatoms. The fraction of sp³-hybridized carbons (Fsp3) is 0.105. The van der Waals surface area contributed by atoms with Gasteiger partial charge in [-0.25, -0.2) is 4.98 Å². The quantitative estimate of drug-likeness (QED) is 0.154. The van der Waals surface area contributed by atoms with Crippen LogP contribution in [0.4, 0.5) is 11.4 Å². The van der Waals surface area contributed by atoms with E-state index in [1.54, 1.807) is 0 Å². The molecule has 3 aliphatic rings. The Morgan fingerprint density at radius 3 is 1.82 bits per heavy atom. The maximum atomic E-state index is 6.41. The first-order chi connectivity index (χ1) is 29.7. The third-order valence-corrected chi connectivity index (χ3v) is 12.5. The van der Waals surface area contributed by atoms with Crippen LogP contribution in [-0.4, -0.2) is 4.98 Å². The van der Waals surface area contributed by atoms with Gasteiger partial charge in [-0.2, -0.15) is 0 Å². The topological polar surface area (TPSA) is 29.3 Å². The molecule has 3 nitrogen and oxygen atoms in total. The van der Waals surface area contributed by atoms with Crippen LogP contribution in [0, 0.1) is 5.92 Å². The number of benzene rings is 7. The first-order valence-corrected chi connectivity index (χ1v) is 21.2. The van der Waals surface area contributed by atoms with Gasteiger partial charge in [0.2, 0.25) is 5.89 Å². The molecule has 0 amide bonds. The number of rotatable bonds is 8. The second kappa shape index (κ2) is 15.5. The summed E-state index contributed by atoms with van der Waals surface area (Å²) < 4.78 is 6.41. The van der Waals surface area contributed by atoms with E-state index in [0.29, 0.717) is 11.8 Å². The van der Waals surface area contributed by atoms with Gasteiger partial charge in [-0.1, -0.05) is 164 Å². The molecule has 288 valence electrons. The number of aromatic nitrogens is 1. The Kier molecular flexibility index (Phi) is 9.28. The molecule has 0 saturated heterocycles. The van der Waals surface area contributed by atoms with E-state index in [0.717, 1.165) is 54.8 Å². The fourth-order valence-electron chi connectivity index (χ4n) is 9.59. The molecule has 1 atom stereocenters. The molecule has 0 saturated carbocycles. The Labute approximate surface area is 352 Å². The van der Waals surface area contributed by atoms with E-state index in [1.807, 2.05) is 18.2 Å². The Bertz CT molecular complexity index is 2920. The number of oxazole rings is 1. The predicted octanol–water partition coefficient (Wildman–Crippen LogP) is 14.7. The summed E-state index contributed by atoms with van der Waals surface area (Å²) in [5.74, 6) is 2.06. The van der Waals surface area contributed by atoms with Crippen LogP contribution < -0.4 is 4.90 Å². The molecule has 7 aromatic carbocycles. The predicted molar refractivity (Wildman–Crippen MR) is 247 cm³/mol. The fourth-order valence-corrected chi connectivity index (χ4v) is 9.59. The highest BCUT2D eigenvalue weighted by Crippen LogP contribution is 2.49. The van der Waals surface area contributed by atoms with Crippen molar-refractivity contribution in [1.29, 1.82) is 0 Å². The number of hydrogen-bond acceptors (Lipinski definition) is 3. The third kappa shape index (κ3) is 6.63. The average molecular weight is 773 g/mol. The molecule has 0 fully saturated rings.